The zero-order chi connectivity index (χ0) is 13.7. The molecule has 0 amide bonds. The Labute approximate surface area is 115 Å². The predicted octanol–water partition coefficient (Wildman–Crippen LogP) is 2.00. The second kappa shape index (κ2) is 6.44. The van der Waals surface area contributed by atoms with E-state index >= 15 is 0 Å². The first-order chi connectivity index (χ1) is 9.24. The van der Waals surface area contributed by atoms with Crippen molar-refractivity contribution < 1.29 is 4.74 Å². The lowest BCUT2D eigenvalue weighted by Gasteiger charge is -2.29. The molecule has 1 aromatic carbocycles. The topological polar surface area (TPSA) is 48.3 Å². The van der Waals surface area contributed by atoms with Crippen molar-refractivity contribution in [1.29, 1.82) is 5.26 Å². The highest BCUT2D eigenvalue weighted by Crippen LogP contribution is 2.26. The molecule has 1 unspecified atom stereocenters. The van der Waals surface area contributed by atoms with Crippen molar-refractivity contribution in [2.75, 3.05) is 38.7 Å². The molecule has 4 nitrogen and oxygen atoms in total. The smallest absolute Gasteiger partial charge is 0.121 e. The average molecular weight is 259 g/mol. The summed E-state index contributed by atoms with van der Waals surface area (Å²) in [5.74, 6) is 1.44. The molecule has 0 spiro atoms. The van der Waals surface area contributed by atoms with Crippen LogP contribution in [0, 0.1) is 17.2 Å². The van der Waals surface area contributed by atoms with Gasteiger partial charge in [-0.25, -0.2) is 0 Å². The quantitative estimate of drug-likeness (QED) is 0.898. The molecule has 0 radical (unpaired) electrons. The van der Waals surface area contributed by atoms with E-state index in [0.29, 0.717) is 11.5 Å². The fourth-order valence-electron chi connectivity index (χ4n) is 2.61. The standard InChI is InChI=1S/C15H21N3O/c1-18(11-12-4-3-7-17-10-12)15-8-14(19-2)6-5-13(15)9-16/h5-6,8,12,17H,3-4,7,10-11H2,1-2H3. The summed E-state index contributed by atoms with van der Waals surface area (Å²) >= 11 is 0. The maximum absolute atomic E-state index is 9.21. The molecular formula is C15H21N3O. The van der Waals surface area contributed by atoms with Crippen LogP contribution < -0.4 is 15.0 Å². The molecule has 0 aliphatic carbocycles. The largest absolute Gasteiger partial charge is 0.497 e. The van der Waals surface area contributed by atoms with Crippen LogP contribution in [0.25, 0.3) is 0 Å². The molecule has 1 atom stereocenters. The first-order valence-electron chi connectivity index (χ1n) is 6.74. The minimum absolute atomic E-state index is 0.650. The lowest BCUT2D eigenvalue weighted by Crippen LogP contribution is -2.37. The van der Waals surface area contributed by atoms with E-state index in [4.69, 9.17) is 4.74 Å². The van der Waals surface area contributed by atoms with Crippen LogP contribution >= 0.6 is 0 Å². The molecule has 0 bridgehead atoms. The summed E-state index contributed by atoms with van der Waals surface area (Å²) in [5, 5.41) is 12.6. The molecule has 1 aromatic rings. The molecule has 1 aliphatic rings. The minimum Gasteiger partial charge on any atom is -0.497 e. The molecule has 1 N–H and O–H groups in total. The van der Waals surface area contributed by atoms with E-state index < -0.39 is 0 Å². The van der Waals surface area contributed by atoms with Gasteiger partial charge in [-0.3, -0.25) is 0 Å². The van der Waals surface area contributed by atoms with Gasteiger partial charge in [0.2, 0.25) is 0 Å². The number of ether oxygens (including phenoxy) is 1. The summed E-state index contributed by atoms with van der Waals surface area (Å²) in [5.41, 5.74) is 1.65. The number of anilines is 1. The number of hydrogen-bond donors (Lipinski definition) is 1. The Morgan fingerprint density at radius 1 is 1.53 bits per heavy atom. The van der Waals surface area contributed by atoms with Gasteiger partial charge in [-0.1, -0.05) is 0 Å². The summed E-state index contributed by atoms with van der Waals surface area (Å²) in [6.07, 6.45) is 2.49. The van der Waals surface area contributed by atoms with Gasteiger partial charge in [0.25, 0.3) is 0 Å². The summed E-state index contributed by atoms with van der Waals surface area (Å²) in [6.45, 7) is 3.16. The Bertz CT molecular complexity index is 461. The summed E-state index contributed by atoms with van der Waals surface area (Å²) in [6, 6.07) is 7.85. The molecular weight excluding hydrogens is 238 g/mol. The van der Waals surface area contributed by atoms with Gasteiger partial charge in [0, 0.05) is 19.7 Å². The van der Waals surface area contributed by atoms with Crippen LogP contribution in [-0.4, -0.2) is 33.8 Å². The maximum atomic E-state index is 9.21. The van der Waals surface area contributed by atoms with Crippen molar-refractivity contribution in [2.45, 2.75) is 12.8 Å². The van der Waals surface area contributed by atoms with Crippen LogP contribution in [0.15, 0.2) is 18.2 Å². The molecule has 1 fully saturated rings. The van der Waals surface area contributed by atoms with E-state index in [9.17, 15) is 5.26 Å². The van der Waals surface area contributed by atoms with E-state index in [0.717, 1.165) is 31.1 Å². The number of hydrogen-bond acceptors (Lipinski definition) is 4. The van der Waals surface area contributed by atoms with Crippen LogP contribution in [0.2, 0.25) is 0 Å². The molecule has 19 heavy (non-hydrogen) atoms. The van der Waals surface area contributed by atoms with Crippen molar-refractivity contribution in [1.82, 2.24) is 5.32 Å². The third kappa shape index (κ3) is 3.39. The SMILES string of the molecule is COc1ccc(C#N)c(N(C)CC2CCCNC2)c1. The number of nitriles is 1. The molecule has 1 saturated heterocycles. The Morgan fingerprint density at radius 2 is 2.37 bits per heavy atom. The first-order valence-corrected chi connectivity index (χ1v) is 6.74. The van der Waals surface area contributed by atoms with Crippen molar-refractivity contribution in [3.8, 4) is 11.8 Å². The lowest BCUT2D eigenvalue weighted by molar-refractivity contribution is 0.380. The van der Waals surface area contributed by atoms with Gasteiger partial charge in [0.05, 0.1) is 18.4 Å². The van der Waals surface area contributed by atoms with E-state index in [1.54, 1.807) is 7.11 Å². The predicted molar refractivity (Wildman–Crippen MR) is 76.6 cm³/mol. The van der Waals surface area contributed by atoms with Crippen molar-refractivity contribution >= 4 is 5.69 Å². The molecule has 4 heteroatoms. The third-order valence-corrected chi connectivity index (χ3v) is 3.67. The first kappa shape index (κ1) is 13.7. The van der Waals surface area contributed by atoms with Gasteiger partial charge < -0.3 is 15.0 Å². The Balaban J connectivity index is 2.12. The zero-order valence-corrected chi connectivity index (χ0v) is 11.6. The van der Waals surface area contributed by atoms with E-state index in [-0.39, 0.29) is 0 Å². The van der Waals surface area contributed by atoms with Crippen molar-refractivity contribution in [3.05, 3.63) is 23.8 Å². The maximum Gasteiger partial charge on any atom is 0.121 e. The normalized spacial score (nSPS) is 18.7. The molecule has 0 aromatic heterocycles. The number of rotatable bonds is 4. The third-order valence-electron chi connectivity index (χ3n) is 3.67. The fraction of sp³-hybridized carbons (Fsp3) is 0.533. The second-order valence-corrected chi connectivity index (χ2v) is 5.09. The number of benzene rings is 1. The number of nitrogens with zero attached hydrogens (tertiary/aromatic N) is 2. The van der Waals surface area contributed by atoms with Crippen LogP contribution in [-0.2, 0) is 0 Å². The Kier molecular flexibility index (Phi) is 4.64. The van der Waals surface area contributed by atoms with E-state index in [2.05, 4.69) is 16.3 Å². The highest BCUT2D eigenvalue weighted by molar-refractivity contribution is 5.61. The Morgan fingerprint density at radius 3 is 3.00 bits per heavy atom. The van der Waals surface area contributed by atoms with E-state index in [1.165, 1.54) is 12.8 Å². The molecule has 0 saturated carbocycles. The summed E-state index contributed by atoms with van der Waals surface area (Å²) in [7, 11) is 3.69. The highest BCUT2D eigenvalue weighted by Gasteiger charge is 2.17. The van der Waals surface area contributed by atoms with Gasteiger partial charge >= 0.3 is 0 Å². The van der Waals surface area contributed by atoms with Gasteiger partial charge in [-0.05, 0) is 44.0 Å². The fourth-order valence-corrected chi connectivity index (χ4v) is 2.61. The molecule has 1 aliphatic heterocycles. The summed E-state index contributed by atoms with van der Waals surface area (Å²) in [4.78, 5) is 2.17. The Hall–Kier alpha value is -1.73. The lowest BCUT2D eigenvalue weighted by atomic mass is 9.99. The minimum atomic E-state index is 0.650. The van der Waals surface area contributed by atoms with Crippen LogP contribution in [0.1, 0.15) is 18.4 Å². The second-order valence-electron chi connectivity index (χ2n) is 5.09. The number of nitrogens with one attached hydrogen (secondary N) is 1. The molecule has 1 heterocycles. The van der Waals surface area contributed by atoms with Crippen LogP contribution in [0.5, 0.6) is 5.75 Å². The molecule has 2 rings (SSSR count). The monoisotopic (exact) mass is 259 g/mol. The van der Waals surface area contributed by atoms with Crippen molar-refractivity contribution in [3.63, 3.8) is 0 Å². The highest BCUT2D eigenvalue weighted by atomic mass is 16.5. The summed E-state index contributed by atoms with van der Waals surface area (Å²) < 4.78 is 5.25. The van der Waals surface area contributed by atoms with E-state index in [1.807, 2.05) is 25.2 Å². The average Bonchev–Trinajstić information content (AvgIpc) is 2.47. The number of piperidine rings is 1. The van der Waals surface area contributed by atoms with Gasteiger partial charge in [-0.15, -0.1) is 0 Å². The molecule has 102 valence electrons. The zero-order valence-electron chi connectivity index (χ0n) is 11.6. The van der Waals surface area contributed by atoms with Gasteiger partial charge in [0.1, 0.15) is 11.8 Å². The van der Waals surface area contributed by atoms with Gasteiger partial charge in [-0.2, -0.15) is 5.26 Å². The van der Waals surface area contributed by atoms with Crippen molar-refractivity contribution in [2.24, 2.45) is 5.92 Å². The van der Waals surface area contributed by atoms with Crippen LogP contribution in [0.4, 0.5) is 5.69 Å². The number of methoxy groups -OCH3 is 1. The van der Waals surface area contributed by atoms with Crippen LogP contribution in [0.3, 0.4) is 0 Å². The van der Waals surface area contributed by atoms with Gasteiger partial charge in [0.15, 0.2) is 0 Å².